The third kappa shape index (κ3) is 5.29. The summed E-state index contributed by atoms with van der Waals surface area (Å²) in [6.45, 7) is 4.60. The van der Waals surface area contributed by atoms with Crippen LogP contribution >= 0.6 is 11.6 Å². The smallest absolute Gasteiger partial charge is 0.253 e. The van der Waals surface area contributed by atoms with Crippen LogP contribution in [-0.4, -0.2) is 57.8 Å². The molecule has 29 heavy (non-hydrogen) atoms. The summed E-state index contributed by atoms with van der Waals surface area (Å²) in [4.78, 5) is 16.4. The second-order valence-electron chi connectivity index (χ2n) is 6.96. The largest absolute Gasteiger partial charge is 0.378 e. The molecule has 0 fully saturated rings. The number of hydrogen-bond acceptors (Lipinski definition) is 4. The standard InChI is InChI=1S/C21H28ClN3O3S/c1-6-25(7-2)29(27,28)20-14-17(10-13-19(20)22)21(26)24(5)15-16-8-11-18(12-9-16)23(3)4/h8-14H,6-7,15H2,1-5H3. The molecule has 0 heterocycles. The second kappa shape index (κ2) is 9.61. The molecule has 0 aliphatic heterocycles. The quantitative estimate of drug-likeness (QED) is 0.631. The van der Waals surface area contributed by atoms with Crippen molar-refractivity contribution < 1.29 is 13.2 Å². The number of amides is 1. The van der Waals surface area contributed by atoms with Gasteiger partial charge >= 0.3 is 0 Å². The fourth-order valence-electron chi connectivity index (χ4n) is 3.00. The zero-order valence-electron chi connectivity index (χ0n) is 17.5. The first-order valence-corrected chi connectivity index (χ1v) is 11.2. The highest BCUT2D eigenvalue weighted by molar-refractivity contribution is 7.89. The van der Waals surface area contributed by atoms with Gasteiger partial charge in [0.25, 0.3) is 5.91 Å². The number of hydrogen-bond donors (Lipinski definition) is 0. The number of nitrogens with zero attached hydrogens (tertiary/aromatic N) is 3. The van der Waals surface area contributed by atoms with E-state index in [-0.39, 0.29) is 21.4 Å². The van der Waals surface area contributed by atoms with Crippen molar-refractivity contribution in [2.75, 3.05) is 39.1 Å². The Labute approximate surface area is 178 Å². The molecule has 0 unspecified atom stereocenters. The maximum absolute atomic E-state index is 12.9. The first-order valence-electron chi connectivity index (χ1n) is 9.43. The third-order valence-corrected chi connectivity index (χ3v) is 7.25. The van der Waals surface area contributed by atoms with Crippen molar-refractivity contribution in [1.82, 2.24) is 9.21 Å². The lowest BCUT2D eigenvalue weighted by Gasteiger charge is -2.21. The lowest BCUT2D eigenvalue weighted by molar-refractivity contribution is 0.0785. The van der Waals surface area contributed by atoms with Gasteiger partial charge in [0.05, 0.1) is 5.02 Å². The maximum Gasteiger partial charge on any atom is 0.253 e. The van der Waals surface area contributed by atoms with Crippen molar-refractivity contribution in [2.45, 2.75) is 25.3 Å². The van der Waals surface area contributed by atoms with E-state index in [0.717, 1.165) is 11.3 Å². The summed E-state index contributed by atoms with van der Waals surface area (Å²) < 4.78 is 27.0. The summed E-state index contributed by atoms with van der Waals surface area (Å²) in [5, 5.41) is 0.107. The maximum atomic E-state index is 12.9. The molecule has 0 saturated heterocycles. The Morgan fingerprint density at radius 3 is 2.07 bits per heavy atom. The van der Waals surface area contributed by atoms with Crippen LogP contribution in [0.1, 0.15) is 29.8 Å². The lowest BCUT2D eigenvalue weighted by Crippen LogP contribution is -2.31. The average molecular weight is 438 g/mol. The van der Waals surface area contributed by atoms with Gasteiger partial charge in [-0.3, -0.25) is 4.79 Å². The van der Waals surface area contributed by atoms with Crippen LogP contribution in [0.25, 0.3) is 0 Å². The molecule has 1 amide bonds. The second-order valence-corrected chi connectivity index (χ2v) is 9.27. The molecule has 2 aromatic rings. The topological polar surface area (TPSA) is 60.9 Å². The van der Waals surface area contributed by atoms with Crippen molar-refractivity contribution in [3.63, 3.8) is 0 Å². The Hall–Kier alpha value is -2.09. The molecule has 0 saturated carbocycles. The van der Waals surface area contributed by atoms with E-state index in [0.29, 0.717) is 19.6 Å². The van der Waals surface area contributed by atoms with Gasteiger partial charge in [0.2, 0.25) is 10.0 Å². The van der Waals surface area contributed by atoms with E-state index in [1.807, 2.05) is 43.3 Å². The Balaban J connectivity index is 2.26. The lowest BCUT2D eigenvalue weighted by atomic mass is 10.1. The number of halogens is 1. The van der Waals surface area contributed by atoms with E-state index in [1.54, 1.807) is 31.9 Å². The SMILES string of the molecule is CCN(CC)S(=O)(=O)c1cc(C(=O)N(C)Cc2ccc(N(C)C)cc2)ccc1Cl. The fourth-order valence-corrected chi connectivity index (χ4v) is 4.96. The van der Waals surface area contributed by atoms with Crippen molar-refractivity contribution in [1.29, 1.82) is 0 Å². The van der Waals surface area contributed by atoms with Crippen LogP contribution in [0.3, 0.4) is 0 Å². The van der Waals surface area contributed by atoms with Crippen LogP contribution in [0.4, 0.5) is 5.69 Å². The van der Waals surface area contributed by atoms with Gasteiger partial charge in [-0.15, -0.1) is 0 Å². The molecule has 0 bridgehead atoms. The van der Waals surface area contributed by atoms with Gasteiger partial charge in [0.15, 0.2) is 0 Å². The molecule has 0 radical (unpaired) electrons. The number of sulfonamides is 1. The molecule has 8 heteroatoms. The van der Waals surface area contributed by atoms with E-state index >= 15 is 0 Å². The first kappa shape index (κ1) is 23.2. The van der Waals surface area contributed by atoms with E-state index in [1.165, 1.54) is 16.4 Å². The van der Waals surface area contributed by atoms with Crippen LogP contribution in [0.2, 0.25) is 5.02 Å². The summed E-state index contributed by atoms with van der Waals surface area (Å²) in [7, 11) is 1.87. The normalized spacial score (nSPS) is 11.6. The van der Waals surface area contributed by atoms with Crippen molar-refractivity contribution >= 4 is 33.2 Å². The fraction of sp³-hybridized carbons (Fsp3) is 0.381. The summed E-state index contributed by atoms with van der Waals surface area (Å²) in [6, 6.07) is 12.3. The summed E-state index contributed by atoms with van der Waals surface area (Å²) >= 11 is 6.16. The Kier molecular flexibility index (Phi) is 7.68. The number of carbonyl (C=O) groups is 1. The summed E-state index contributed by atoms with van der Waals surface area (Å²) in [6.07, 6.45) is 0. The average Bonchev–Trinajstić information content (AvgIpc) is 2.68. The van der Waals surface area contributed by atoms with Crippen LogP contribution in [0.15, 0.2) is 47.4 Å². The minimum Gasteiger partial charge on any atom is -0.378 e. The monoisotopic (exact) mass is 437 g/mol. The molecule has 158 valence electrons. The van der Waals surface area contributed by atoms with Gasteiger partial charge in [0.1, 0.15) is 4.90 Å². The highest BCUT2D eigenvalue weighted by Gasteiger charge is 2.26. The first-order chi connectivity index (χ1) is 13.6. The van der Waals surface area contributed by atoms with Crippen molar-refractivity contribution in [2.24, 2.45) is 0 Å². The van der Waals surface area contributed by atoms with Gasteiger partial charge < -0.3 is 9.80 Å². The van der Waals surface area contributed by atoms with Gasteiger partial charge in [0, 0.05) is 52.0 Å². The molecule has 0 aliphatic carbocycles. The van der Waals surface area contributed by atoms with Crippen molar-refractivity contribution in [3.05, 3.63) is 58.6 Å². The van der Waals surface area contributed by atoms with E-state index in [9.17, 15) is 13.2 Å². The van der Waals surface area contributed by atoms with Gasteiger partial charge in [-0.05, 0) is 35.9 Å². The molecule has 0 aliphatic rings. The highest BCUT2D eigenvalue weighted by atomic mass is 35.5. The zero-order chi connectivity index (χ0) is 21.8. The number of benzene rings is 2. The van der Waals surface area contributed by atoms with E-state index in [4.69, 9.17) is 11.6 Å². The van der Waals surface area contributed by atoms with E-state index in [2.05, 4.69) is 0 Å². The van der Waals surface area contributed by atoms with Crippen LogP contribution in [-0.2, 0) is 16.6 Å². The molecule has 0 spiro atoms. The molecular formula is C21H28ClN3O3S. The van der Waals surface area contributed by atoms with Gasteiger partial charge in [-0.2, -0.15) is 4.31 Å². The molecular weight excluding hydrogens is 410 g/mol. The Morgan fingerprint density at radius 2 is 1.55 bits per heavy atom. The summed E-state index contributed by atoms with van der Waals surface area (Å²) in [5.74, 6) is -0.269. The van der Waals surface area contributed by atoms with Crippen molar-refractivity contribution in [3.8, 4) is 0 Å². The highest BCUT2D eigenvalue weighted by Crippen LogP contribution is 2.26. The van der Waals surface area contributed by atoms with Crippen LogP contribution in [0, 0.1) is 0 Å². The van der Waals surface area contributed by atoms with Gasteiger partial charge in [-0.25, -0.2) is 8.42 Å². The Bertz CT molecular complexity index is 956. The number of carbonyl (C=O) groups excluding carboxylic acids is 1. The molecule has 2 aromatic carbocycles. The molecule has 0 N–H and O–H groups in total. The van der Waals surface area contributed by atoms with Crippen LogP contribution < -0.4 is 4.90 Å². The molecule has 2 rings (SSSR count). The third-order valence-electron chi connectivity index (χ3n) is 4.72. The van der Waals surface area contributed by atoms with Crippen LogP contribution in [0.5, 0.6) is 0 Å². The Morgan fingerprint density at radius 1 is 0.966 bits per heavy atom. The predicted octanol–water partition coefficient (Wildman–Crippen LogP) is 3.71. The van der Waals surface area contributed by atoms with E-state index < -0.39 is 10.0 Å². The van der Waals surface area contributed by atoms with Gasteiger partial charge in [-0.1, -0.05) is 37.6 Å². The zero-order valence-corrected chi connectivity index (χ0v) is 19.1. The molecule has 0 aromatic heterocycles. The minimum absolute atomic E-state index is 0.0440. The minimum atomic E-state index is -3.76. The number of rotatable bonds is 8. The molecule has 0 atom stereocenters. The predicted molar refractivity (Wildman–Crippen MR) is 118 cm³/mol. The number of anilines is 1. The molecule has 6 nitrogen and oxygen atoms in total. The summed E-state index contributed by atoms with van der Waals surface area (Å²) in [5.41, 5.74) is 2.34.